The summed E-state index contributed by atoms with van der Waals surface area (Å²) in [5.74, 6) is 0.620. The van der Waals surface area contributed by atoms with E-state index in [2.05, 4.69) is 15.3 Å². The number of nitrogens with zero attached hydrogens (tertiary/aromatic N) is 2. The Morgan fingerprint density at radius 1 is 1.53 bits per heavy atom. The van der Waals surface area contributed by atoms with Crippen LogP contribution in [0.2, 0.25) is 0 Å². The molecule has 0 aliphatic rings. The van der Waals surface area contributed by atoms with Gasteiger partial charge in [-0.1, -0.05) is 0 Å². The van der Waals surface area contributed by atoms with Gasteiger partial charge in [-0.3, -0.25) is 9.78 Å². The molecule has 0 radical (unpaired) electrons. The Hall–Kier alpha value is -2.17. The molecular formula is C12H13N3O2. The smallest absolute Gasteiger partial charge is 0.271 e. The van der Waals surface area contributed by atoms with Crippen molar-refractivity contribution in [1.82, 2.24) is 15.3 Å². The van der Waals surface area contributed by atoms with Crippen molar-refractivity contribution in [2.24, 2.45) is 0 Å². The Labute approximate surface area is 98.9 Å². The van der Waals surface area contributed by atoms with Gasteiger partial charge >= 0.3 is 0 Å². The summed E-state index contributed by atoms with van der Waals surface area (Å²) >= 11 is 0. The molecule has 0 saturated heterocycles. The van der Waals surface area contributed by atoms with Crippen molar-refractivity contribution >= 4 is 5.91 Å². The van der Waals surface area contributed by atoms with Crippen LogP contribution in [0.3, 0.4) is 0 Å². The van der Waals surface area contributed by atoms with Crippen LogP contribution in [-0.2, 0) is 6.42 Å². The van der Waals surface area contributed by atoms with E-state index in [1.807, 2.05) is 19.1 Å². The van der Waals surface area contributed by atoms with Crippen LogP contribution in [0, 0.1) is 0 Å². The van der Waals surface area contributed by atoms with E-state index in [1.165, 1.54) is 18.6 Å². The zero-order valence-electron chi connectivity index (χ0n) is 9.46. The maximum atomic E-state index is 11.7. The van der Waals surface area contributed by atoms with E-state index in [9.17, 15) is 4.79 Å². The fourth-order valence-electron chi connectivity index (χ4n) is 1.50. The fraction of sp³-hybridized carbons (Fsp3) is 0.250. The van der Waals surface area contributed by atoms with Crippen LogP contribution in [0.4, 0.5) is 0 Å². The summed E-state index contributed by atoms with van der Waals surface area (Å²) in [5, 5.41) is 2.83. The molecule has 5 heteroatoms. The first-order valence-electron chi connectivity index (χ1n) is 5.35. The average molecular weight is 231 g/mol. The van der Waals surface area contributed by atoms with Gasteiger partial charge in [-0.25, -0.2) is 4.98 Å². The highest BCUT2D eigenvalue weighted by Gasteiger charge is 2.12. The van der Waals surface area contributed by atoms with Gasteiger partial charge in [-0.15, -0.1) is 0 Å². The maximum absolute atomic E-state index is 11.7. The Kier molecular flexibility index (Phi) is 3.49. The Balaban J connectivity index is 1.91. The van der Waals surface area contributed by atoms with E-state index in [0.29, 0.717) is 12.1 Å². The third-order valence-corrected chi connectivity index (χ3v) is 2.26. The topological polar surface area (TPSA) is 68.0 Å². The molecule has 1 amide bonds. The molecule has 2 aromatic rings. The predicted molar refractivity (Wildman–Crippen MR) is 61.4 cm³/mol. The zero-order valence-corrected chi connectivity index (χ0v) is 9.46. The van der Waals surface area contributed by atoms with Crippen LogP contribution in [0.1, 0.15) is 23.2 Å². The molecule has 5 nitrogen and oxygen atoms in total. The quantitative estimate of drug-likeness (QED) is 0.864. The first-order valence-corrected chi connectivity index (χ1v) is 5.35. The third-order valence-electron chi connectivity index (χ3n) is 2.26. The van der Waals surface area contributed by atoms with Crippen molar-refractivity contribution in [1.29, 1.82) is 0 Å². The minimum atomic E-state index is -0.225. The van der Waals surface area contributed by atoms with Gasteiger partial charge in [0.1, 0.15) is 11.5 Å². The van der Waals surface area contributed by atoms with Crippen LogP contribution in [-0.4, -0.2) is 21.9 Å². The monoisotopic (exact) mass is 231 g/mol. The largest absolute Gasteiger partial charge is 0.469 e. The Morgan fingerprint density at radius 3 is 3.06 bits per heavy atom. The average Bonchev–Trinajstić information content (AvgIpc) is 2.82. The van der Waals surface area contributed by atoms with Crippen molar-refractivity contribution in [3.8, 4) is 0 Å². The number of furan rings is 1. The zero-order chi connectivity index (χ0) is 12.1. The second kappa shape index (κ2) is 5.25. The minimum Gasteiger partial charge on any atom is -0.469 e. The lowest BCUT2D eigenvalue weighted by Crippen LogP contribution is -2.34. The molecule has 1 atom stereocenters. The fourth-order valence-corrected chi connectivity index (χ4v) is 1.50. The lowest BCUT2D eigenvalue weighted by Gasteiger charge is -2.11. The number of aromatic nitrogens is 2. The van der Waals surface area contributed by atoms with Crippen molar-refractivity contribution in [2.75, 3.05) is 0 Å². The summed E-state index contributed by atoms with van der Waals surface area (Å²) < 4.78 is 5.21. The van der Waals surface area contributed by atoms with Gasteiger partial charge in [-0.05, 0) is 19.1 Å². The molecule has 0 aliphatic heterocycles. The summed E-state index contributed by atoms with van der Waals surface area (Å²) in [6.07, 6.45) is 6.73. The van der Waals surface area contributed by atoms with Crippen molar-refractivity contribution in [3.63, 3.8) is 0 Å². The molecular weight excluding hydrogens is 218 g/mol. The molecule has 0 aromatic carbocycles. The molecule has 2 aromatic heterocycles. The minimum absolute atomic E-state index is 0.0179. The number of rotatable bonds is 4. The maximum Gasteiger partial charge on any atom is 0.271 e. The summed E-state index contributed by atoms with van der Waals surface area (Å²) in [6, 6.07) is 3.69. The number of amides is 1. The van der Waals surface area contributed by atoms with Crippen LogP contribution >= 0.6 is 0 Å². The Bertz CT molecular complexity index is 468. The van der Waals surface area contributed by atoms with Gasteiger partial charge in [0.25, 0.3) is 5.91 Å². The lowest BCUT2D eigenvalue weighted by molar-refractivity contribution is 0.0934. The van der Waals surface area contributed by atoms with E-state index in [-0.39, 0.29) is 11.9 Å². The van der Waals surface area contributed by atoms with Gasteiger partial charge in [0.15, 0.2) is 0 Å². The molecule has 0 fully saturated rings. The highest BCUT2D eigenvalue weighted by molar-refractivity contribution is 5.92. The number of hydrogen-bond acceptors (Lipinski definition) is 4. The van der Waals surface area contributed by atoms with Crippen molar-refractivity contribution in [2.45, 2.75) is 19.4 Å². The molecule has 88 valence electrons. The molecule has 2 heterocycles. The summed E-state index contributed by atoms with van der Waals surface area (Å²) in [4.78, 5) is 19.5. The summed E-state index contributed by atoms with van der Waals surface area (Å²) in [7, 11) is 0. The SMILES string of the molecule is C[C@H](Cc1ccco1)NC(=O)c1cnccn1. The first kappa shape index (κ1) is 11.3. The lowest BCUT2D eigenvalue weighted by atomic mass is 10.2. The van der Waals surface area contributed by atoms with Gasteiger partial charge < -0.3 is 9.73 Å². The molecule has 17 heavy (non-hydrogen) atoms. The van der Waals surface area contributed by atoms with Crippen LogP contribution in [0.25, 0.3) is 0 Å². The normalized spacial score (nSPS) is 12.1. The second-order valence-corrected chi connectivity index (χ2v) is 3.75. The predicted octanol–water partition coefficient (Wildman–Crippen LogP) is 1.43. The number of nitrogens with one attached hydrogen (secondary N) is 1. The van der Waals surface area contributed by atoms with Crippen LogP contribution in [0.5, 0.6) is 0 Å². The Morgan fingerprint density at radius 2 is 2.41 bits per heavy atom. The van der Waals surface area contributed by atoms with Crippen LogP contribution < -0.4 is 5.32 Å². The van der Waals surface area contributed by atoms with E-state index < -0.39 is 0 Å². The molecule has 0 bridgehead atoms. The molecule has 1 N–H and O–H groups in total. The third kappa shape index (κ3) is 3.14. The molecule has 0 spiro atoms. The molecule has 2 rings (SSSR count). The second-order valence-electron chi connectivity index (χ2n) is 3.75. The van der Waals surface area contributed by atoms with Crippen LogP contribution in [0.15, 0.2) is 41.4 Å². The highest BCUT2D eigenvalue weighted by atomic mass is 16.3. The van der Waals surface area contributed by atoms with Crippen molar-refractivity contribution in [3.05, 3.63) is 48.4 Å². The highest BCUT2D eigenvalue weighted by Crippen LogP contribution is 2.04. The number of carbonyl (C=O) groups is 1. The summed E-state index contributed by atoms with van der Waals surface area (Å²) in [6.45, 7) is 1.91. The number of carbonyl (C=O) groups excluding carboxylic acids is 1. The van der Waals surface area contributed by atoms with E-state index >= 15 is 0 Å². The summed E-state index contributed by atoms with van der Waals surface area (Å²) in [5.41, 5.74) is 0.318. The van der Waals surface area contributed by atoms with Gasteiger partial charge in [-0.2, -0.15) is 0 Å². The standard InChI is InChI=1S/C12H13N3O2/c1-9(7-10-3-2-6-17-10)15-12(16)11-8-13-4-5-14-11/h2-6,8-9H,7H2,1H3,(H,15,16)/t9-/m1/s1. The van der Waals surface area contributed by atoms with Gasteiger partial charge in [0.05, 0.1) is 12.5 Å². The molecule has 0 unspecified atom stereocenters. The van der Waals surface area contributed by atoms with E-state index in [1.54, 1.807) is 6.26 Å². The number of hydrogen-bond donors (Lipinski definition) is 1. The molecule has 0 saturated carbocycles. The van der Waals surface area contributed by atoms with Gasteiger partial charge in [0, 0.05) is 24.9 Å². The first-order chi connectivity index (χ1) is 8.25. The van der Waals surface area contributed by atoms with Crippen molar-refractivity contribution < 1.29 is 9.21 Å². The van der Waals surface area contributed by atoms with Gasteiger partial charge in [0.2, 0.25) is 0 Å². The van der Waals surface area contributed by atoms with E-state index in [0.717, 1.165) is 5.76 Å². The van der Waals surface area contributed by atoms with E-state index in [4.69, 9.17) is 4.42 Å². The molecule has 0 aliphatic carbocycles.